The summed E-state index contributed by atoms with van der Waals surface area (Å²) in [5.74, 6) is -1.99. The number of ketones is 2. The van der Waals surface area contributed by atoms with Crippen LogP contribution < -0.4 is 14.8 Å². The van der Waals surface area contributed by atoms with Gasteiger partial charge in [0.2, 0.25) is 0 Å². The normalized spacial score (nSPS) is 12.5. The SMILES string of the molecule is CC(=O)c1cccc(Cc2cccc3c2OB(c2cc(F)cc(F)c2)Oc2c(C)cccc2C3=O)c1O. The number of fused-ring (bicyclic) bond motifs is 2. The minimum Gasteiger partial charge on any atom is -0.521 e. The summed E-state index contributed by atoms with van der Waals surface area (Å²) in [6.45, 7) is 3.12. The number of phenolic OH excluding ortho intramolecular Hbond substituents is 1. The fourth-order valence-corrected chi connectivity index (χ4v) is 4.48. The molecule has 0 saturated carbocycles. The summed E-state index contributed by atoms with van der Waals surface area (Å²) in [5, 5.41) is 10.7. The number of carbonyl (C=O) groups is 2. The molecule has 0 aromatic heterocycles. The second-order valence-corrected chi connectivity index (χ2v) is 8.89. The Morgan fingerprint density at radius 3 is 2.16 bits per heavy atom. The smallest absolute Gasteiger partial charge is 0.521 e. The molecule has 0 saturated heterocycles. The molecule has 37 heavy (non-hydrogen) atoms. The molecule has 4 aromatic carbocycles. The Morgan fingerprint density at radius 1 is 0.865 bits per heavy atom. The molecule has 0 fully saturated rings. The topological polar surface area (TPSA) is 72.8 Å². The van der Waals surface area contributed by atoms with Gasteiger partial charge in [-0.3, -0.25) is 9.59 Å². The average molecular weight is 498 g/mol. The van der Waals surface area contributed by atoms with Crippen LogP contribution in [0.2, 0.25) is 0 Å². The number of Topliss-reactive ketones (excluding diaryl/α,β-unsaturated/α-hetero) is 1. The Balaban J connectivity index is 1.69. The highest BCUT2D eigenvalue weighted by molar-refractivity contribution is 6.63. The average Bonchev–Trinajstić information content (AvgIpc) is 2.84. The van der Waals surface area contributed by atoms with Crippen LogP contribution >= 0.6 is 0 Å². The Bertz CT molecular complexity index is 1550. The van der Waals surface area contributed by atoms with Gasteiger partial charge in [0.05, 0.1) is 16.7 Å². The maximum atomic E-state index is 14.2. The van der Waals surface area contributed by atoms with Gasteiger partial charge in [-0.1, -0.05) is 36.4 Å². The highest BCUT2D eigenvalue weighted by Gasteiger charge is 2.35. The van der Waals surface area contributed by atoms with Gasteiger partial charge in [0.1, 0.15) is 28.9 Å². The standard InChI is InChI=1S/C29H21BF2O5/c1-16-6-3-10-24-27(35)25-11-5-8-19(12-18-7-4-9-23(17(2)33)26(18)34)29(25)37-30(36-28(16)24)20-13-21(31)15-22(32)14-20/h3-11,13-15,34H,12H2,1-2H3. The van der Waals surface area contributed by atoms with Gasteiger partial charge >= 0.3 is 7.12 Å². The lowest BCUT2D eigenvalue weighted by Gasteiger charge is -2.26. The van der Waals surface area contributed by atoms with E-state index in [9.17, 15) is 23.5 Å². The maximum Gasteiger partial charge on any atom is 0.632 e. The number of hydrogen-bond donors (Lipinski definition) is 1. The van der Waals surface area contributed by atoms with Gasteiger partial charge in [-0.15, -0.1) is 0 Å². The third-order valence-corrected chi connectivity index (χ3v) is 6.28. The van der Waals surface area contributed by atoms with E-state index in [2.05, 4.69) is 0 Å². The van der Waals surface area contributed by atoms with E-state index in [0.717, 1.165) is 18.2 Å². The van der Waals surface area contributed by atoms with Crippen LogP contribution in [0.15, 0.2) is 72.8 Å². The third-order valence-electron chi connectivity index (χ3n) is 6.28. The first-order valence-corrected chi connectivity index (χ1v) is 11.6. The summed E-state index contributed by atoms with van der Waals surface area (Å²) in [6, 6.07) is 17.9. The first-order chi connectivity index (χ1) is 17.7. The fraction of sp³-hybridized carbons (Fsp3) is 0.103. The van der Waals surface area contributed by atoms with Gasteiger partial charge in [0.15, 0.2) is 11.6 Å². The minimum atomic E-state index is -1.28. The van der Waals surface area contributed by atoms with Crippen molar-refractivity contribution in [2.75, 3.05) is 0 Å². The number of hydrogen-bond acceptors (Lipinski definition) is 5. The zero-order valence-corrected chi connectivity index (χ0v) is 20.0. The third kappa shape index (κ3) is 4.58. The summed E-state index contributed by atoms with van der Waals surface area (Å²) < 4.78 is 40.6. The lowest BCUT2D eigenvalue weighted by Crippen LogP contribution is -2.45. The molecule has 5 nitrogen and oxygen atoms in total. The number of benzene rings is 4. The number of aromatic hydroxyl groups is 1. The van der Waals surface area contributed by atoms with Gasteiger partial charge in [0, 0.05) is 17.9 Å². The molecule has 0 amide bonds. The van der Waals surface area contributed by atoms with Gasteiger partial charge in [-0.05, 0) is 60.9 Å². The van der Waals surface area contributed by atoms with Crippen LogP contribution in [-0.4, -0.2) is 23.8 Å². The Labute approximate surface area is 212 Å². The van der Waals surface area contributed by atoms with Gasteiger partial charge in [0.25, 0.3) is 0 Å². The fourth-order valence-electron chi connectivity index (χ4n) is 4.48. The lowest BCUT2D eigenvalue weighted by atomic mass is 9.77. The van der Waals surface area contributed by atoms with E-state index in [1.54, 1.807) is 55.5 Å². The molecule has 0 spiro atoms. The van der Waals surface area contributed by atoms with Crippen LogP contribution in [-0.2, 0) is 6.42 Å². The zero-order valence-electron chi connectivity index (χ0n) is 20.0. The summed E-state index contributed by atoms with van der Waals surface area (Å²) in [4.78, 5) is 25.5. The number of phenols is 1. The first kappa shape index (κ1) is 24.2. The van der Waals surface area contributed by atoms with E-state index in [0.29, 0.717) is 16.7 Å². The molecule has 0 atom stereocenters. The van der Waals surface area contributed by atoms with Crippen molar-refractivity contribution < 1.29 is 32.8 Å². The second-order valence-electron chi connectivity index (χ2n) is 8.89. The van der Waals surface area contributed by atoms with Crippen LogP contribution in [0.3, 0.4) is 0 Å². The van der Waals surface area contributed by atoms with Gasteiger partial charge in [-0.25, -0.2) is 8.78 Å². The second kappa shape index (κ2) is 9.54. The first-order valence-electron chi connectivity index (χ1n) is 11.6. The number of para-hydroxylation sites is 3. The predicted octanol–water partition coefficient (Wildman–Crippen LogP) is 5.17. The summed E-state index contributed by atoms with van der Waals surface area (Å²) >= 11 is 0. The van der Waals surface area contributed by atoms with Crippen molar-refractivity contribution in [3.63, 3.8) is 0 Å². The molecule has 1 aliphatic heterocycles. The summed E-state index contributed by atoms with van der Waals surface area (Å²) in [7, 11) is -1.28. The summed E-state index contributed by atoms with van der Waals surface area (Å²) in [5.41, 5.74) is 2.40. The maximum absolute atomic E-state index is 14.2. The molecular weight excluding hydrogens is 477 g/mol. The summed E-state index contributed by atoms with van der Waals surface area (Å²) in [6.07, 6.45) is 0.119. The minimum absolute atomic E-state index is 0.0863. The predicted molar refractivity (Wildman–Crippen MR) is 135 cm³/mol. The highest BCUT2D eigenvalue weighted by Crippen LogP contribution is 2.36. The largest absolute Gasteiger partial charge is 0.632 e. The van der Waals surface area contributed by atoms with Crippen molar-refractivity contribution in [3.05, 3.63) is 118 Å². The number of halogens is 2. The van der Waals surface area contributed by atoms with E-state index < -0.39 is 18.8 Å². The van der Waals surface area contributed by atoms with E-state index in [1.807, 2.05) is 0 Å². The van der Waals surface area contributed by atoms with E-state index in [1.165, 1.54) is 13.0 Å². The molecule has 0 aliphatic carbocycles. The molecule has 1 aliphatic rings. The number of aryl methyl sites for hydroxylation is 1. The molecule has 8 heteroatoms. The van der Waals surface area contributed by atoms with Crippen molar-refractivity contribution >= 4 is 24.1 Å². The molecule has 0 radical (unpaired) electrons. The molecular formula is C29H21BF2O5. The van der Waals surface area contributed by atoms with Crippen LogP contribution in [0.4, 0.5) is 8.78 Å². The van der Waals surface area contributed by atoms with Crippen molar-refractivity contribution in [2.24, 2.45) is 0 Å². The molecule has 0 unspecified atom stereocenters. The highest BCUT2D eigenvalue weighted by atomic mass is 19.1. The van der Waals surface area contributed by atoms with Gasteiger partial charge < -0.3 is 14.4 Å². The molecule has 1 N–H and O–H groups in total. The monoisotopic (exact) mass is 498 g/mol. The Kier molecular flexibility index (Phi) is 6.25. The molecule has 5 rings (SSSR count). The van der Waals surface area contributed by atoms with Crippen molar-refractivity contribution in [3.8, 4) is 17.2 Å². The van der Waals surface area contributed by atoms with Crippen LogP contribution in [0.1, 0.15) is 49.9 Å². The van der Waals surface area contributed by atoms with E-state index >= 15 is 0 Å². The number of carbonyl (C=O) groups excluding carboxylic acids is 2. The van der Waals surface area contributed by atoms with Crippen LogP contribution in [0.25, 0.3) is 0 Å². The molecule has 0 bridgehead atoms. The molecule has 1 heterocycles. The van der Waals surface area contributed by atoms with Crippen molar-refractivity contribution in [2.45, 2.75) is 20.3 Å². The lowest BCUT2D eigenvalue weighted by molar-refractivity contribution is 0.101. The van der Waals surface area contributed by atoms with E-state index in [4.69, 9.17) is 9.31 Å². The Hall–Kier alpha value is -4.46. The quantitative estimate of drug-likeness (QED) is 0.311. The van der Waals surface area contributed by atoms with Crippen molar-refractivity contribution in [1.29, 1.82) is 0 Å². The molecule has 184 valence electrons. The van der Waals surface area contributed by atoms with Gasteiger partial charge in [-0.2, -0.15) is 0 Å². The van der Waals surface area contributed by atoms with E-state index in [-0.39, 0.29) is 57.4 Å². The van der Waals surface area contributed by atoms with Crippen LogP contribution in [0.5, 0.6) is 17.2 Å². The number of rotatable bonds is 4. The van der Waals surface area contributed by atoms with Crippen molar-refractivity contribution in [1.82, 2.24) is 0 Å². The zero-order chi connectivity index (χ0) is 26.3. The van der Waals surface area contributed by atoms with Crippen LogP contribution in [0, 0.1) is 18.6 Å². The Morgan fingerprint density at radius 2 is 1.46 bits per heavy atom. The molecule has 4 aromatic rings.